The van der Waals surface area contributed by atoms with E-state index in [4.69, 9.17) is 4.42 Å². The first kappa shape index (κ1) is 11.2. The van der Waals surface area contributed by atoms with E-state index in [2.05, 4.69) is 22.6 Å². The molecule has 0 saturated heterocycles. The Morgan fingerprint density at radius 2 is 1.94 bits per heavy atom. The topological polar surface area (TPSA) is 33.5 Å². The van der Waals surface area contributed by atoms with Crippen LogP contribution in [0.3, 0.4) is 0 Å². The summed E-state index contributed by atoms with van der Waals surface area (Å²) in [6.45, 7) is 0. The first-order valence-corrected chi connectivity index (χ1v) is 5.84. The summed E-state index contributed by atoms with van der Waals surface area (Å²) in [5, 5.41) is 0. The fourth-order valence-electron chi connectivity index (χ4n) is 1.37. The van der Waals surface area contributed by atoms with E-state index in [0.29, 0.717) is 5.76 Å². The van der Waals surface area contributed by atoms with Crippen molar-refractivity contribution >= 4 is 34.2 Å². The second-order valence-corrected chi connectivity index (χ2v) is 4.46. The lowest BCUT2D eigenvalue weighted by molar-refractivity contribution is 0.0965. The minimum atomic E-state index is -0.138. The average Bonchev–Trinajstić information content (AvgIpc) is 2.75. The van der Waals surface area contributed by atoms with Gasteiger partial charge in [-0.15, -0.1) is 0 Å². The zero-order valence-electron chi connectivity index (χ0n) is 8.68. The van der Waals surface area contributed by atoms with Crippen LogP contribution in [0.15, 0.2) is 47.1 Å². The molecule has 0 fully saturated rings. The van der Waals surface area contributed by atoms with E-state index < -0.39 is 0 Å². The van der Waals surface area contributed by atoms with Crippen LogP contribution in [0.1, 0.15) is 10.6 Å². The van der Waals surface area contributed by atoms with Gasteiger partial charge in [0.15, 0.2) is 0 Å². The molecule has 0 bridgehead atoms. The number of carbonyl (C=O) groups excluding carboxylic acids is 1. The van der Waals surface area contributed by atoms with E-state index in [1.54, 1.807) is 18.0 Å². The Hall–Kier alpha value is -1.30. The van der Waals surface area contributed by atoms with Crippen molar-refractivity contribution in [2.75, 3.05) is 11.9 Å². The molecule has 1 aromatic carbocycles. The smallest absolute Gasteiger partial charge is 0.294 e. The lowest BCUT2D eigenvalue weighted by Crippen LogP contribution is -2.26. The first-order valence-electron chi connectivity index (χ1n) is 4.76. The van der Waals surface area contributed by atoms with Crippen molar-refractivity contribution < 1.29 is 9.21 Å². The second-order valence-electron chi connectivity index (χ2n) is 3.30. The van der Waals surface area contributed by atoms with Crippen LogP contribution in [0.4, 0.5) is 5.69 Å². The molecule has 0 aliphatic rings. The number of hydrogen-bond acceptors (Lipinski definition) is 2. The standard InChI is InChI=1S/C12H10INO2/c1-14(9-5-3-2-4-6-9)12(15)11-10(13)7-8-16-11/h2-8H,1H3. The molecule has 1 aromatic heterocycles. The monoisotopic (exact) mass is 327 g/mol. The van der Waals surface area contributed by atoms with E-state index in [0.717, 1.165) is 9.26 Å². The van der Waals surface area contributed by atoms with E-state index in [1.165, 1.54) is 6.26 Å². The molecule has 2 rings (SSSR count). The third-order valence-corrected chi connectivity index (χ3v) is 3.11. The van der Waals surface area contributed by atoms with Crippen molar-refractivity contribution in [3.05, 3.63) is 52.0 Å². The van der Waals surface area contributed by atoms with Gasteiger partial charge in [-0.05, 0) is 40.8 Å². The molecule has 1 amide bonds. The van der Waals surface area contributed by atoms with Crippen molar-refractivity contribution in [2.24, 2.45) is 0 Å². The maximum absolute atomic E-state index is 12.1. The number of nitrogens with zero attached hydrogens (tertiary/aromatic N) is 1. The van der Waals surface area contributed by atoms with E-state index in [9.17, 15) is 4.79 Å². The molecular formula is C12H10INO2. The van der Waals surface area contributed by atoms with Gasteiger partial charge in [-0.2, -0.15) is 0 Å². The summed E-state index contributed by atoms with van der Waals surface area (Å²) in [7, 11) is 1.73. The number of amides is 1. The summed E-state index contributed by atoms with van der Waals surface area (Å²) in [5.74, 6) is 0.243. The van der Waals surface area contributed by atoms with Crippen LogP contribution in [0.2, 0.25) is 0 Å². The van der Waals surface area contributed by atoms with Crippen LogP contribution in [0, 0.1) is 3.57 Å². The lowest BCUT2D eigenvalue weighted by atomic mass is 10.3. The van der Waals surface area contributed by atoms with Crippen LogP contribution >= 0.6 is 22.6 Å². The summed E-state index contributed by atoms with van der Waals surface area (Å²) in [6.07, 6.45) is 1.52. The van der Waals surface area contributed by atoms with Crippen LogP contribution in [0.5, 0.6) is 0 Å². The van der Waals surface area contributed by atoms with E-state index in [1.807, 2.05) is 30.3 Å². The van der Waals surface area contributed by atoms with Gasteiger partial charge in [0.05, 0.1) is 9.83 Å². The van der Waals surface area contributed by atoms with Gasteiger partial charge in [0.2, 0.25) is 5.76 Å². The average molecular weight is 327 g/mol. The highest BCUT2D eigenvalue weighted by atomic mass is 127. The number of carbonyl (C=O) groups is 1. The lowest BCUT2D eigenvalue weighted by Gasteiger charge is -2.15. The Kier molecular flexibility index (Phi) is 3.28. The quantitative estimate of drug-likeness (QED) is 0.794. The molecule has 0 radical (unpaired) electrons. The number of hydrogen-bond donors (Lipinski definition) is 0. The summed E-state index contributed by atoms with van der Waals surface area (Å²) in [4.78, 5) is 13.6. The molecule has 0 unspecified atom stereocenters. The highest BCUT2D eigenvalue weighted by molar-refractivity contribution is 14.1. The third kappa shape index (κ3) is 2.11. The van der Waals surface area contributed by atoms with Crippen molar-refractivity contribution in [1.82, 2.24) is 0 Å². The van der Waals surface area contributed by atoms with Crippen molar-refractivity contribution in [1.29, 1.82) is 0 Å². The van der Waals surface area contributed by atoms with Gasteiger partial charge in [0.1, 0.15) is 0 Å². The number of anilines is 1. The summed E-state index contributed by atoms with van der Waals surface area (Å²) < 4.78 is 5.99. The molecule has 0 aliphatic heterocycles. The van der Waals surface area contributed by atoms with Gasteiger partial charge in [-0.3, -0.25) is 4.79 Å². The van der Waals surface area contributed by atoms with Gasteiger partial charge in [0.25, 0.3) is 5.91 Å². The summed E-state index contributed by atoms with van der Waals surface area (Å²) >= 11 is 2.08. The summed E-state index contributed by atoms with van der Waals surface area (Å²) in [6, 6.07) is 11.2. The largest absolute Gasteiger partial charge is 0.458 e. The molecular weight excluding hydrogens is 317 g/mol. The second kappa shape index (κ2) is 4.69. The SMILES string of the molecule is CN(C(=O)c1occc1I)c1ccccc1. The summed E-state index contributed by atoms with van der Waals surface area (Å²) in [5.41, 5.74) is 0.847. The molecule has 3 nitrogen and oxygen atoms in total. The van der Waals surface area contributed by atoms with Crippen molar-refractivity contribution in [2.45, 2.75) is 0 Å². The van der Waals surface area contributed by atoms with Crippen molar-refractivity contribution in [3.8, 4) is 0 Å². The Morgan fingerprint density at radius 3 is 2.50 bits per heavy atom. The minimum Gasteiger partial charge on any atom is -0.458 e. The van der Waals surface area contributed by atoms with E-state index in [-0.39, 0.29) is 5.91 Å². The normalized spacial score (nSPS) is 10.1. The molecule has 0 N–H and O–H groups in total. The van der Waals surface area contributed by atoms with Gasteiger partial charge in [0, 0.05) is 12.7 Å². The Morgan fingerprint density at radius 1 is 1.25 bits per heavy atom. The zero-order valence-corrected chi connectivity index (χ0v) is 10.8. The Labute approximate surface area is 107 Å². The predicted molar refractivity (Wildman–Crippen MR) is 70.6 cm³/mol. The molecule has 4 heteroatoms. The molecule has 0 saturated carbocycles. The fourth-order valence-corrected chi connectivity index (χ4v) is 1.87. The minimum absolute atomic E-state index is 0.138. The molecule has 2 aromatic rings. The van der Waals surface area contributed by atoms with Gasteiger partial charge < -0.3 is 9.32 Å². The molecule has 1 heterocycles. The molecule has 0 atom stereocenters. The number of halogens is 1. The third-order valence-electron chi connectivity index (χ3n) is 2.26. The Bertz CT molecular complexity index is 493. The van der Waals surface area contributed by atoms with Gasteiger partial charge in [-0.25, -0.2) is 0 Å². The van der Waals surface area contributed by atoms with E-state index >= 15 is 0 Å². The van der Waals surface area contributed by atoms with Crippen LogP contribution in [-0.2, 0) is 0 Å². The van der Waals surface area contributed by atoms with Gasteiger partial charge in [-0.1, -0.05) is 18.2 Å². The van der Waals surface area contributed by atoms with Crippen LogP contribution in [-0.4, -0.2) is 13.0 Å². The maximum Gasteiger partial charge on any atom is 0.294 e. The maximum atomic E-state index is 12.1. The molecule has 0 aliphatic carbocycles. The highest BCUT2D eigenvalue weighted by Crippen LogP contribution is 2.19. The number of furan rings is 1. The fraction of sp³-hybridized carbons (Fsp3) is 0.0833. The highest BCUT2D eigenvalue weighted by Gasteiger charge is 2.18. The molecule has 82 valence electrons. The molecule has 0 spiro atoms. The number of benzene rings is 1. The van der Waals surface area contributed by atoms with Gasteiger partial charge >= 0.3 is 0 Å². The number of rotatable bonds is 2. The van der Waals surface area contributed by atoms with Crippen molar-refractivity contribution in [3.63, 3.8) is 0 Å². The molecule has 16 heavy (non-hydrogen) atoms. The number of para-hydroxylation sites is 1. The van der Waals surface area contributed by atoms with Crippen LogP contribution in [0.25, 0.3) is 0 Å². The zero-order chi connectivity index (χ0) is 11.5. The first-order chi connectivity index (χ1) is 7.70. The predicted octanol–water partition coefficient (Wildman–Crippen LogP) is 3.16. The Balaban J connectivity index is 2.27. The van der Waals surface area contributed by atoms with Crippen LogP contribution < -0.4 is 4.90 Å².